The number of nitrogens with zero attached hydrogens (tertiary/aromatic N) is 3. The summed E-state index contributed by atoms with van der Waals surface area (Å²) in [7, 11) is -2.45. The number of carbonyl (C=O) groups excluding carboxylic acids is 4. The highest BCUT2D eigenvalue weighted by Gasteiger charge is 2.62. The summed E-state index contributed by atoms with van der Waals surface area (Å²) in [4.78, 5) is 77.9. The van der Waals surface area contributed by atoms with Gasteiger partial charge < -0.3 is 25.0 Å². The number of amides is 4. The largest absolute Gasteiger partial charge is 0.471 e. The molecular formula is C41H50N6O10S2. The van der Waals surface area contributed by atoms with Gasteiger partial charge in [0.2, 0.25) is 27.7 Å². The van der Waals surface area contributed by atoms with E-state index in [1.807, 2.05) is 53.9 Å². The molecule has 4 amide bonds. The van der Waals surface area contributed by atoms with E-state index in [0.29, 0.717) is 61.4 Å². The molecule has 2 aliphatic heterocycles. The van der Waals surface area contributed by atoms with Crippen molar-refractivity contribution in [3.05, 3.63) is 53.9 Å². The van der Waals surface area contributed by atoms with Crippen LogP contribution < -0.4 is 20.1 Å². The molecule has 8 rings (SSSR count). The summed E-state index contributed by atoms with van der Waals surface area (Å²) in [6.45, 7) is 0.623. The zero-order chi connectivity index (χ0) is 41.1. The molecule has 1 saturated heterocycles. The number of hydrogen-bond acceptors (Lipinski definition) is 13. The SMILES string of the molecule is COOCC1CC(COC(=O)N[C@H]2CCCCC/C=C\C3C[C@@]3(C(=O)NS(=O)(=O)C3CC3)NC(=O)[C@@H]3C[C@@H](Oc4nc5ccccc5nc4-c4cccs4)CN3C2=O)C1. The molecule has 18 heteroatoms. The lowest BCUT2D eigenvalue weighted by Gasteiger charge is -2.34. The van der Waals surface area contributed by atoms with Gasteiger partial charge in [-0.15, -0.1) is 11.3 Å². The van der Waals surface area contributed by atoms with E-state index < -0.39 is 68.7 Å². The van der Waals surface area contributed by atoms with Gasteiger partial charge in [0.15, 0.2) is 0 Å². The van der Waals surface area contributed by atoms with Crippen LogP contribution in [0.15, 0.2) is 53.9 Å². The van der Waals surface area contributed by atoms with E-state index in [-0.39, 0.29) is 37.8 Å². The van der Waals surface area contributed by atoms with E-state index in [0.717, 1.165) is 30.6 Å². The monoisotopic (exact) mass is 850 g/mol. The van der Waals surface area contributed by atoms with Gasteiger partial charge in [-0.25, -0.2) is 33.0 Å². The molecule has 59 heavy (non-hydrogen) atoms. The summed E-state index contributed by atoms with van der Waals surface area (Å²) >= 11 is 1.47. The number of sulfonamides is 1. The molecular weight excluding hydrogens is 801 g/mol. The molecule has 316 valence electrons. The number of aromatic nitrogens is 2. The first-order valence-corrected chi connectivity index (χ1v) is 22.9. The average molecular weight is 851 g/mol. The summed E-state index contributed by atoms with van der Waals surface area (Å²) < 4.78 is 40.2. The molecule has 0 spiro atoms. The fourth-order valence-electron chi connectivity index (χ4n) is 8.33. The summed E-state index contributed by atoms with van der Waals surface area (Å²) in [5.74, 6) is -1.63. The van der Waals surface area contributed by atoms with Crippen LogP contribution in [0.4, 0.5) is 4.79 Å². The molecule has 3 saturated carbocycles. The smallest absolute Gasteiger partial charge is 0.407 e. The maximum Gasteiger partial charge on any atom is 0.407 e. The molecule has 1 unspecified atom stereocenters. The number of nitrogens with one attached hydrogen (secondary N) is 3. The molecule has 16 nitrogen and oxygen atoms in total. The second kappa shape index (κ2) is 17.5. The van der Waals surface area contributed by atoms with Crippen LogP contribution in [-0.4, -0.2) is 103 Å². The predicted molar refractivity (Wildman–Crippen MR) is 216 cm³/mol. The van der Waals surface area contributed by atoms with E-state index in [9.17, 15) is 27.6 Å². The van der Waals surface area contributed by atoms with Crippen molar-refractivity contribution in [2.45, 2.75) is 99.6 Å². The number of rotatable bonds is 12. The highest BCUT2D eigenvalue weighted by molar-refractivity contribution is 7.91. The Morgan fingerprint density at radius 3 is 2.51 bits per heavy atom. The lowest BCUT2D eigenvalue weighted by Crippen LogP contribution is -2.58. The normalized spacial score (nSPS) is 29.1. The Balaban J connectivity index is 1.05. The minimum absolute atomic E-state index is 0.0291. The number of ether oxygens (including phenoxy) is 2. The van der Waals surface area contributed by atoms with Crippen LogP contribution in [0, 0.1) is 17.8 Å². The molecule has 0 bridgehead atoms. The van der Waals surface area contributed by atoms with E-state index in [4.69, 9.17) is 29.2 Å². The fraction of sp³-hybridized carbons (Fsp3) is 0.561. The van der Waals surface area contributed by atoms with Crippen molar-refractivity contribution in [2.24, 2.45) is 17.8 Å². The van der Waals surface area contributed by atoms with Crippen molar-refractivity contribution in [2.75, 3.05) is 26.9 Å². The Morgan fingerprint density at radius 1 is 0.983 bits per heavy atom. The van der Waals surface area contributed by atoms with Crippen LogP contribution in [0.5, 0.6) is 5.88 Å². The summed E-state index contributed by atoms with van der Waals surface area (Å²) in [5.41, 5.74) is 0.285. The van der Waals surface area contributed by atoms with E-state index in [2.05, 4.69) is 15.4 Å². The van der Waals surface area contributed by atoms with E-state index in [1.54, 1.807) is 0 Å². The summed E-state index contributed by atoms with van der Waals surface area (Å²) in [6, 6.07) is 9.07. The van der Waals surface area contributed by atoms with Gasteiger partial charge in [0.1, 0.15) is 29.4 Å². The molecule has 4 fully saturated rings. The predicted octanol–water partition coefficient (Wildman–Crippen LogP) is 4.41. The standard InChI is InChI=1S/C41H50N6O10S2/c1-54-56-24-26-18-25(19-26)23-55-40(51)44-32-13-6-4-2-3-5-10-27-21-41(27,39(50)46-59(52,53)29-15-16-29)45-36(48)33-20-28(22-47(33)38(32)49)57-37-35(34-14-9-17-58-34)42-30-11-7-8-12-31(30)43-37/h5,7-12,14,17,25-29,32-33H,2-4,6,13,15-16,18-24H2,1H3,(H,44,51)(H,45,48)(H,46,50)/b10-5-/t25?,26?,27?,28-,32+,33+,41-/m1/s1. The van der Waals surface area contributed by atoms with E-state index in [1.165, 1.54) is 23.3 Å². The molecule has 3 N–H and O–H groups in total. The van der Waals surface area contributed by atoms with Gasteiger partial charge >= 0.3 is 6.09 Å². The Kier molecular flexibility index (Phi) is 12.2. The third-order valence-electron chi connectivity index (χ3n) is 11.9. The van der Waals surface area contributed by atoms with Crippen LogP contribution in [-0.2, 0) is 38.9 Å². The van der Waals surface area contributed by atoms with Crippen molar-refractivity contribution in [3.8, 4) is 16.5 Å². The quantitative estimate of drug-likeness (QED) is 0.132. The van der Waals surface area contributed by atoms with Crippen molar-refractivity contribution < 1.29 is 46.8 Å². The van der Waals surface area contributed by atoms with Crippen molar-refractivity contribution in [1.29, 1.82) is 0 Å². The van der Waals surface area contributed by atoms with Crippen molar-refractivity contribution in [1.82, 2.24) is 30.2 Å². The number of carbonyl (C=O) groups is 4. The van der Waals surface area contributed by atoms with Gasteiger partial charge in [-0.3, -0.25) is 19.1 Å². The Hall–Kier alpha value is -4.65. The third kappa shape index (κ3) is 9.40. The number of alkyl carbamates (subject to hydrolysis) is 1. The molecule has 5 atom stereocenters. The topological polar surface area (TPSA) is 204 Å². The lowest BCUT2D eigenvalue weighted by atomic mass is 9.76. The first-order valence-electron chi connectivity index (χ1n) is 20.4. The van der Waals surface area contributed by atoms with Gasteiger partial charge in [0.25, 0.3) is 5.91 Å². The Morgan fingerprint density at radius 2 is 1.76 bits per heavy atom. The van der Waals surface area contributed by atoms with Crippen LogP contribution >= 0.6 is 11.3 Å². The fourth-order valence-corrected chi connectivity index (χ4v) is 10.4. The maximum atomic E-state index is 14.7. The van der Waals surface area contributed by atoms with Gasteiger partial charge in [0, 0.05) is 12.3 Å². The number of allylic oxidation sites excluding steroid dienone is 1. The summed E-state index contributed by atoms with van der Waals surface area (Å²) in [6.07, 6.45) is 8.32. The number of benzene rings is 1. The van der Waals surface area contributed by atoms with Gasteiger partial charge in [-0.05, 0) is 86.8 Å². The first-order chi connectivity index (χ1) is 28.5. The van der Waals surface area contributed by atoms with E-state index >= 15 is 0 Å². The van der Waals surface area contributed by atoms with Gasteiger partial charge in [0.05, 0.1) is 48.0 Å². The summed E-state index contributed by atoms with van der Waals surface area (Å²) in [5, 5.41) is 6.99. The molecule has 5 aliphatic rings. The number of fused-ring (bicyclic) bond motifs is 3. The zero-order valence-electron chi connectivity index (χ0n) is 32.9. The number of para-hydroxylation sites is 2. The lowest BCUT2D eigenvalue weighted by molar-refractivity contribution is -0.285. The highest BCUT2D eigenvalue weighted by atomic mass is 32.2. The Bertz CT molecular complexity index is 2180. The molecule has 0 radical (unpaired) electrons. The maximum absolute atomic E-state index is 14.7. The minimum Gasteiger partial charge on any atom is -0.471 e. The molecule has 4 heterocycles. The first kappa shape index (κ1) is 41.1. The second-order valence-corrected chi connectivity index (χ2v) is 19.2. The third-order valence-corrected chi connectivity index (χ3v) is 14.6. The second-order valence-electron chi connectivity index (χ2n) is 16.3. The molecule has 1 aromatic carbocycles. The Labute approximate surface area is 346 Å². The molecule has 2 aromatic heterocycles. The number of thiophene rings is 1. The van der Waals surface area contributed by atoms with Crippen LogP contribution in [0.25, 0.3) is 21.6 Å². The van der Waals surface area contributed by atoms with Crippen molar-refractivity contribution in [3.63, 3.8) is 0 Å². The number of hydrogen-bond donors (Lipinski definition) is 3. The van der Waals surface area contributed by atoms with Gasteiger partial charge in [-0.1, -0.05) is 43.2 Å². The van der Waals surface area contributed by atoms with Crippen LogP contribution in [0.1, 0.15) is 70.6 Å². The van der Waals surface area contributed by atoms with Gasteiger partial charge in [-0.2, -0.15) is 0 Å². The average Bonchev–Trinajstić information content (AvgIpc) is 4.07. The zero-order valence-corrected chi connectivity index (χ0v) is 34.5. The molecule has 3 aromatic rings. The van der Waals surface area contributed by atoms with Crippen LogP contribution in [0.3, 0.4) is 0 Å². The highest BCUT2D eigenvalue weighted by Crippen LogP contribution is 2.46. The van der Waals surface area contributed by atoms with Crippen LogP contribution in [0.2, 0.25) is 0 Å². The molecule has 3 aliphatic carbocycles. The van der Waals surface area contributed by atoms with Crippen molar-refractivity contribution >= 4 is 56.2 Å². The minimum atomic E-state index is -3.91.